The summed E-state index contributed by atoms with van der Waals surface area (Å²) in [5, 5.41) is 3.20. The van der Waals surface area contributed by atoms with Gasteiger partial charge >= 0.3 is 6.36 Å². The molecule has 22 heavy (non-hydrogen) atoms. The van der Waals surface area contributed by atoms with Crippen molar-refractivity contribution in [2.45, 2.75) is 12.4 Å². The minimum Gasteiger partial charge on any atom is -0.403 e. The molecule has 1 aliphatic rings. The molecule has 1 saturated heterocycles. The lowest BCUT2D eigenvalue weighted by atomic mass is 10.0. The second kappa shape index (κ2) is 7.80. The van der Waals surface area contributed by atoms with Crippen molar-refractivity contribution in [1.29, 1.82) is 0 Å². The molecule has 0 saturated carbocycles. The standard InChI is InChI=1S/C14H16F4N2O.ClH/c1-2-12(20-7-5-19-6-8-20)10-3-4-13(11(15)9-10)21-14(16,17)18;/h2-4,9,12,19H,1,5-8H2;1H/t12-;/m0./s1. The van der Waals surface area contributed by atoms with Crippen molar-refractivity contribution in [2.75, 3.05) is 26.2 Å². The Morgan fingerprint density at radius 3 is 2.41 bits per heavy atom. The smallest absolute Gasteiger partial charge is 0.403 e. The van der Waals surface area contributed by atoms with Crippen molar-refractivity contribution in [3.8, 4) is 5.75 Å². The Bertz CT molecular complexity index is 504. The van der Waals surface area contributed by atoms with Crippen molar-refractivity contribution in [3.63, 3.8) is 0 Å². The third kappa shape index (κ3) is 4.86. The number of alkyl halides is 3. The molecular formula is C14H17ClF4N2O. The molecule has 1 heterocycles. The third-order valence-electron chi connectivity index (χ3n) is 3.29. The van der Waals surface area contributed by atoms with Crippen LogP contribution in [0.1, 0.15) is 11.6 Å². The summed E-state index contributed by atoms with van der Waals surface area (Å²) in [6.07, 6.45) is -3.25. The normalized spacial score (nSPS) is 17.5. The molecule has 124 valence electrons. The summed E-state index contributed by atoms with van der Waals surface area (Å²) in [5.74, 6) is -1.86. The van der Waals surface area contributed by atoms with Crippen LogP contribution in [0.2, 0.25) is 0 Å². The number of benzene rings is 1. The molecule has 0 aromatic heterocycles. The van der Waals surface area contributed by atoms with E-state index in [2.05, 4.69) is 21.5 Å². The molecule has 1 fully saturated rings. The molecule has 1 aromatic carbocycles. The van der Waals surface area contributed by atoms with Gasteiger partial charge in [-0.05, 0) is 17.7 Å². The maximum absolute atomic E-state index is 13.8. The Morgan fingerprint density at radius 2 is 1.91 bits per heavy atom. The van der Waals surface area contributed by atoms with E-state index in [9.17, 15) is 17.6 Å². The molecule has 3 nitrogen and oxygen atoms in total. The van der Waals surface area contributed by atoms with Crippen molar-refractivity contribution in [1.82, 2.24) is 10.2 Å². The Balaban J connectivity index is 0.00000242. The number of hydrogen-bond donors (Lipinski definition) is 1. The van der Waals surface area contributed by atoms with Gasteiger partial charge in [-0.25, -0.2) is 4.39 Å². The summed E-state index contributed by atoms with van der Waals surface area (Å²) in [5.41, 5.74) is 0.555. The zero-order valence-electron chi connectivity index (χ0n) is 11.7. The molecule has 1 aromatic rings. The third-order valence-corrected chi connectivity index (χ3v) is 3.29. The van der Waals surface area contributed by atoms with Crippen molar-refractivity contribution in [3.05, 3.63) is 42.2 Å². The number of hydrogen-bond acceptors (Lipinski definition) is 3. The quantitative estimate of drug-likeness (QED) is 0.672. The zero-order chi connectivity index (χ0) is 15.5. The Hall–Kier alpha value is -1.31. The molecule has 0 bridgehead atoms. The Labute approximate surface area is 132 Å². The van der Waals surface area contributed by atoms with Crippen LogP contribution in [0.25, 0.3) is 0 Å². The number of nitrogens with one attached hydrogen (secondary N) is 1. The van der Waals surface area contributed by atoms with E-state index < -0.39 is 17.9 Å². The summed E-state index contributed by atoms with van der Waals surface area (Å²) in [7, 11) is 0. The number of ether oxygens (including phenoxy) is 1. The molecule has 2 rings (SSSR count). The lowest BCUT2D eigenvalue weighted by Crippen LogP contribution is -2.44. The van der Waals surface area contributed by atoms with E-state index in [1.807, 2.05) is 0 Å². The van der Waals surface area contributed by atoms with Crippen LogP contribution in [0.4, 0.5) is 17.6 Å². The number of rotatable bonds is 4. The Morgan fingerprint density at radius 1 is 1.27 bits per heavy atom. The largest absolute Gasteiger partial charge is 0.573 e. The minimum atomic E-state index is -4.90. The van der Waals surface area contributed by atoms with Crippen LogP contribution >= 0.6 is 12.4 Å². The lowest BCUT2D eigenvalue weighted by molar-refractivity contribution is -0.275. The van der Waals surface area contributed by atoms with Crippen LogP contribution in [0.5, 0.6) is 5.75 Å². The van der Waals surface area contributed by atoms with Gasteiger partial charge in [-0.2, -0.15) is 0 Å². The number of halogens is 5. The fourth-order valence-electron chi connectivity index (χ4n) is 2.36. The molecule has 0 aliphatic carbocycles. The van der Waals surface area contributed by atoms with Crippen molar-refractivity contribution < 1.29 is 22.3 Å². The van der Waals surface area contributed by atoms with Gasteiger partial charge in [-0.15, -0.1) is 32.2 Å². The van der Waals surface area contributed by atoms with Crippen molar-refractivity contribution in [2.24, 2.45) is 0 Å². The molecule has 1 N–H and O–H groups in total. The highest BCUT2D eigenvalue weighted by Crippen LogP contribution is 2.30. The molecule has 1 aliphatic heterocycles. The van der Waals surface area contributed by atoms with E-state index in [-0.39, 0.29) is 18.4 Å². The fraction of sp³-hybridized carbons (Fsp3) is 0.429. The van der Waals surface area contributed by atoms with Crippen LogP contribution in [-0.4, -0.2) is 37.4 Å². The van der Waals surface area contributed by atoms with Gasteiger partial charge in [0.15, 0.2) is 11.6 Å². The van der Waals surface area contributed by atoms with E-state index in [0.717, 1.165) is 38.3 Å². The highest BCUT2D eigenvalue weighted by atomic mass is 35.5. The summed E-state index contributed by atoms with van der Waals surface area (Å²) < 4.78 is 53.7. The number of piperazine rings is 1. The average Bonchev–Trinajstić information content (AvgIpc) is 2.42. The van der Waals surface area contributed by atoms with E-state index >= 15 is 0 Å². The molecule has 0 spiro atoms. The summed E-state index contributed by atoms with van der Waals surface area (Å²) in [4.78, 5) is 2.09. The molecule has 8 heteroatoms. The van der Waals surface area contributed by atoms with Crippen LogP contribution in [0.15, 0.2) is 30.9 Å². The molecule has 0 amide bonds. The van der Waals surface area contributed by atoms with Gasteiger partial charge in [0.1, 0.15) is 0 Å². The first kappa shape index (κ1) is 18.7. The Kier molecular flexibility index (Phi) is 6.65. The van der Waals surface area contributed by atoms with Crippen LogP contribution in [-0.2, 0) is 0 Å². The average molecular weight is 341 g/mol. The van der Waals surface area contributed by atoms with E-state index in [1.54, 1.807) is 6.08 Å². The fourth-order valence-corrected chi connectivity index (χ4v) is 2.36. The predicted octanol–water partition coefficient (Wildman–Crippen LogP) is 3.28. The maximum atomic E-state index is 13.8. The van der Waals surface area contributed by atoms with Gasteiger partial charge in [-0.3, -0.25) is 4.90 Å². The lowest BCUT2D eigenvalue weighted by Gasteiger charge is -2.33. The molecular weight excluding hydrogens is 324 g/mol. The maximum Gasteiger partial charge on any atom is 0.573 e. The summed E-state index contributed by atoms with van der Waals surface area (Å²) >= 11 is 0. The zero-order valence-corrected chi connectivity index (χ0v) is 12.5. The SMILES string of the molecule is C=C[C@@H](c1ccc(OC(F)(F)F)c(F)c1)N1CCNCC1.Cl. The minimum absolute atomic E-state index is 0. The monoisotopic (exact) mass is 340 g/mol. The highest BCUT2D eigenvalue weighted by Gasteiger charge is 2.32. The van der Waals surface area contributed by atoms with E-state index in [0.29, 0.717) is 5.56 Å². The van der Waals surface area contributed by atoms with Gasteiger partial charge < -0.3 is 10.1 Å². The van der Waals surface area contributed by atoms with Crippen LogP contribution in [0.3, 0.4) is 0 Å². The first-order valence-corrected chi connectivity index (χ1v) is 6.53. The first-order chi connectivity index (χ1) is 9.90. The van der Waals surface area contributed by atoms with E-state index in [4.69, 9.17) is 0 Å². The van der Waals surface area contributed by atoms with Gasteiger partial charge in [0.05, 0.1) is 6.04 Å². The highest BCUT2D eigenvalue weighted by molar-refractivity contribution is 5.85. The van der Waals surface area contributed by atoms with Gasteiger partial charge in [0.25, 0.3) is 0 Å². The van der Waals surface area contributed by atoms with Crippen LogP contribution in [0, 0.1) is 5.82 Å². The molecule has 0 radical (unpaired) electrons. The second-order valence-corrected chi connectivity index (χ2v) is 4.70. The summed E-state index contributed by atoms with van der Waals surface area (Å²) in [6.45, 7) is 6.87. The van der Waals surface area contributed by atoms with Gasteiger partial charge in [0, 0.05) is 26.2 Å². The summed E-state index contributed by atoms with van der Waals surface area (Å²) in [6, 6.07) is 3.26. The first-order valence-electron chi connectivity index (χ1n) is 6.53. The van der Waals surface area contributed by atoms with Crippen molar-refractivity contribution >= 4 is 12.4 Å². The number of nitrogens with zero attached hydrogens (tertiary/aromatic N) is 1. The van der Waals surface area contributed by atoms with Crippen LogP contribution < -0.4 is 10.1 Å². The second-order valence-electron chi connectivity index (χ2n) is 4.70. The molecule has 1 atom stereocenters. The molecule has 0 unspecified atom stereocenters. The van der Waals surface area contributed by atoms with E-state index in [1.165, 1.54) is 6.07 Å². The predicted molar refractivity (Wildman–Crippen MR) is 77.7 cm³/mol. The van der Waals surface area contributed by atoms with Gasteiger partial charge in [-0.1, -0.05) is 12.1 Å². The van der Waals surface area contributed by atoms with Gasteiger partial charge in [0.2, 0.25) is 0 Å². The topological polar surface area (TPSA) is 24.5 Å².